The Bertz CT molecular complexity index is 1210. The summed E-state index contributed by atoms with van der Waals surface area (Å²) < 4.78 is 31.3. The van der Waals surface area contributed by atoms with E-state index in [9.17, 15) is 13.9 Å². The normalized spacial score (nSPS) is 14.4. The Morgan fingerprint density at radius 1 is 1.16 bits per heavy atom. The van der Waals surface area contributed by atoms with Crippen LogP contribution < -0.4 is 0 Å². The predicted octanol–water partition coefficient (Wildman–Crippen LogP) is 4.53. The van der Waals surface area contributed by atoms with E-state index in [1.807, 2.05) is 25.1 Å². The number of hydrogen-bond donors (Lipinski definition) is 1. The minimum atomic E-state index is -1.80. The molecule has 0 fully saturated rings. The molecular formula is C22H20ClF2N5O. The van der Waals surface area contributed by atoms with Crippen molar-refractivity contribution in [2.24, 2.45) is 0 Å². The molecule has 0 saturated heterocycles. The molecule has 0 aliphatic heterocycles. The van der Waals surface area contributed by atoms with Crippen molar-refractivity contribution in [3.63, 3.8) is 0 Å². The third-order valence-corrected chi connectivity index (χ3v) is 5.77. The number of benzene rings is 2. The summed E-state index contributed by atoms with van der Waals surface area (Å²) in [6, 6.07) is 9.72. The number of halogens is 3. The Labute approximate surface area is 182 Å². The molecule has 2 atom stereocenters. The highest BCUT2D eigenvalue weighted by Crippen LogP contribution is 2.38. The molecule has 0 saturated carbocycles. The Hall–Kier alpha value is -3.10. The van der Waals surface area contributed by atoms with Gasteiger partial charge in [-0.15, -0.1) is 0 Å². The number of aliphatic hydroxyl groups is 1. The molecule has 31 heavy (non-hydrogen) atoms. The molecule has 9 heteroatoms. The van der Waals surface area contributed by atoms with Crippen molar-refractivity contribution < 1.29 is 13.9 Å². The van der Waals surface area contributed by atoms with Gasteiger partial charge in [0, 0.05) is 34.0 Å². The fourth-order valence-electron chi connectivity index (χ4n) is 3.69. The first kappa shape index (κ1) is 21.1. The standard InChI is InChI=1S/C22H20ClF2N5O/c1-14-18(17-5-3-4-6-20(17)23)10-30(28-14)15(2)22(31,11-29-13-26-12-27-29)19-8-7-16(24)9-21(19)25/h3-10,12-13,15,31H,11H2,1-2H3/t15-,22-/m1/s1. The van der Waals surface area contributed by atoms with E-state index in [0.29, 0.717) is 10.7 Å². The summed E-state index contributed by atoms with van der Waals surface area (Å²) in [5.74, 6) is -1.59. The zero-order valence-corrected chi connectivity index (χ0v) is 17.6. The molecule has 0 spiro atoms. The van der Waals surface area contributed by atoms with E-state index in [4.69, 9.17) is 11.6 Å². The SMILES string of the molecule is Cc1nn([C@H](C)[C@](O)(Cn2cncn2)c2ccc(F)cc2F)cc1-c1ccccc1Cl. The summed E-state index contributed by atoms with van der Waals surface area (Å²) >= 11 is 6.35. The van der Waals surface area contributed by atoms with Gasteiger partial charge in [-0.05, 0) is 26.0 Å². The number of aromatic nitrogens is 5. The lowest BCUT2D eigenvalue weighted by molar-refractivity contribution is -0.0369. The second kappa shape index (κ2) is 8.20. The quantitative estimate of drug-likeness (QED) is 0.475. The molecule has 4 aromatic rings. The number of aryl methyl sites for hydroxylation is 1. The van der Waals surface area contributed by atoms with Crippen molar-refractivity contribution in [3.8, 4) is 11.1 Å². The van der Waals surface area contributed by atoms with Crippen LogP contribution in [-0.4, -0.2) is 29.7 Å². The third kappa shape index (κ3) is 3.96. The third-order valence-electron chi connectivity index (χ3n) is 5.44. The molecule has 2 heterocycles. The molecule has 0 unspecified atom stereocenters. The van der Waals surface area contributed by atoms with Crippen LogP contribution in [0, 0.1) is 18.6 Å². The van der Waals surface area contributed by atoms with Gasteiger partial charge in [-0.25, -0.2) is 18.4 Å². The molecule has 6 nitrogen and oxygen atoms in total. The van der Waals surface area contributed by atoms with Crippen molar-refractivity contribution in [1.82, 2.24) is 24.5 Å². The molecule has 0 bridgehead atoms. The number of rotatable bonds is 6. The van der Waals surface area contributed by atoms with E-state index in [2.05, 4.69) is 15.2 Å². The molecule has 0 radical (unpaired) electrons. The summed E-state index contributed by atoms with van der Waals surface area (Å²) in [5.41, 5.74) is 0.418. The van der Waals surface area contributed by atoms with Crippen LogP contribution in [0.2, 0.25) is 5.02 Å². The highest BCUT2D eigenvalue weighted by molar-refractivity contribution is 6.33. The maximum Gasteiger partial charge on any atom is 0.137 e. The van der Waals surface area contributed by atoms with Crippen LogP contribution in [0.1, 0.15) is 24.2 Å². The van der Waals surface area contributed by atoms with Crippen LogP contribution in [0.15, 0.2) is 61.3 Å². The smallest absolute Gasteiger partial charge is 0.137 e. The number of hydrogen-bond acceptors (Lipinski definition) is 4. The first-order chi connectivity index (χ1) is 14.8. The minimum Gasteiger partial charge on any atom is -0.381 e. The topological polar surface area (TPSA) is 68.8 Å². The molecular weight excluding hydrogens is 424 g/mol. The zero-order chi connectivity index (χ0) is 22.2. The van der Waals surface area contributed by atoms with E-state index >= 15 is 0 Å². The molecule has 0 amide bonds. The number of nitrogens with zero attached hydrogens (tertiary/aromatic N) is 5. The highest BCUT2D eigenvalue weighted by Gasteiger charge is 2.41. The molecule has 2 aromatic heterocycles. The van der Waals surface area contributed by atoms with Gasteiger partial charge in [0.1, 0.15) is 29.9 Å². The van der Waals surface area contributed by atoms with Gasteiger partial charge in [0.15, 0.2) is 0 Å². The average Bonchev–Trinajstić information content (AvgIpc) is 3.37. The minimum absolute atomic E-state index is 0.0654. The first-order valence-electron chi connectivity index (χ1n) is 9.60. The fourth-order valence-corrected chi connectivity index (χ4v) is 3.92. The van der Waals surface area contributed by atoms with Gasteiger partial charge in [0.2, 0.25) is 0 Å². The second-order valence-electron chi connectivity index (χ2n) is 7.41. The fraction of sp³-hybridized carbons (Fsp3) is 0.227. The van der Waals surface area contributed by atoms with E-state index in [-0.39, 0.29) is 12.1 Å². The van der Waals surface area contributed by atoms with Crippen LogP contribution >= 0.6 is 11.6 Å². The van der Waals surface area contributed by atoms with E-state index in [1.54, 1.807) is 23.9 Å². The summed E-state index contributed by atoms with van der Waals surface area (Å²) in [7, 11) is 0. The second-order valence-corrected chi connectivity index (χ2v) is 7.81. The molecule has 2 aromatic carbocycles. The van der Waals surface area contributed by atoms with Crippen molar-refractivity contribution in [3.05, 3.63) is 89.2 Å². The Morgan fingerprint density at radius 2 is 1.94 bits per heavy atom. The van der Waals surface area contributed by atoms with Crippen molar-refractivity contribution in [2.45, 2.75) is 32.0 Å². The van der Waals surface area contributed by atoms with Crippen LogP contribution in [-0.2, 0) is 12.1 Å². The zero-order valence-electron chi connectivity index (χ0n) is 16.9. The molecule has 4 rings (SSSR count). The van der Waals surface area contributed by atoms with Gasteiger partial charge in [-0.3, -0.25) is 4.68 Å². The van der Waals surface area contributed by atoms with Crippen molar-refractivity contribution in [2.75, 3.05) is 0 Å². The van der Waals surface area contributed by atoms with Crippen molar-refractivity contribution in [1.29, 1.82) is 0 Å². The van der Waals surface area contributed by atoms with Crippen LogP contribution in [0.5, 0.6) is 0 Å². The van der Waals surface area contributed by atoms with E-state index in [1.165, 1.54) is 23.4 Å². The van der Waals surface area contributed by atoms with Gasteiger partial charge in [0.25, 0.3) is 0 Å². The van der Waals surface area contributed by atoms with Gasteiger partial charge < -0.3 is 5.11 Å². The van der Waals surface area contributed by atoms with Gasteiger partial charge >= 0.3 is 0 Å². The Kier molecular flexibility index (Phi) is 5.60. The van der Waals surface area contributed by atoms with Gasteiger partial charge in [-0.2, -0.15) is 10.2 Å². The lowest BCUT2D eigenvalue weighted by Crippen LogP contribution is -2.40. The molecule has 0 aliphatic rings. The van der Waals surface area contributed by atoms with Crippen LogP contribution in [0.25, 0.3) is 11.1 Å². The van der Waals surface area contributed by atoms with Gasteiger partial charge in [0.05, 0.1) is 18.3 Å². The maximum atomic E-state index is 14.8. The van der Waals surface area contributed by atoms with Crippen LogP contribution in [0.4, 0.5) is 8.78 Å². The predicted molar refractivity (Wildman–Crippen MR) is 112 cm³/mol. The van der Waals surface area contributed by atoms with E-state index < -0.39 is 23.3 Å². The lowest BCUT2D eigenvalue weighted by Gasteiger charge is -2.34. The summed E-state index contributed by atoms with van der Waals surface area (Å²) in [4.78, 5) is 3.89. The Morgan fingerprint density at radius 3 is 2.61 bits per heavy atom. The maximum absolute atomic E-state index is 14.8. The Balaban J connectivity index is 1.81. The largest absolute Gasteiger partial charge is 0.381 e. The van der Waals surface area contributed by atoms with Crippen molar-refractivity contribution >= 4 is 11.6 Å². The first-order valence-corrected chi connectivity index (χ1v) is 9.98. The average molecular weight is 444 g/mol. The molecule has 1 N–H and O–H groups in total. The lowest BCUT2D eigenvalue weighted by atomic mass is 9.86. The summed E-state index contributed by atoms with van der Waals surface area (Å²) in [6.45, 7) is 3.43. The highest BCUT2D eigenvalue weighted by atomic mass is 35.5. The summed E-state index contributed by atoms with van der Waals surface area (Å²) in [5, 5.41) is 20.9. The van der Waals surface area contributed by atoms with E-state index in [0.717, 1.165) is 23.3 Å². The molecule has 160 valence electrons. The summed E-state index contributed by atoms with van der Waals surface area (Å²) in [6.07, 6.45) is 4.50. The van der Waals surface area contributed by atoms with Gasteiger partial charge in [-0.1, -0.05) is 35.9 Å². The van der Waals surface area contributed by atoms with Crippen LogP contribution in [0.3, 0.4) is 0 Å². The monoisotopic (exact) mass is 443 g/mol. The molecule has 0 aliphatic carbocycles.